The number of phenolic OH excluding ortho intramolecular Hbond substituents is 1. The highest BCUT2D eigenvalue weighted by atomic mass is 35.5. The molecular weight excluding hydrogens is 1330 g/mol. The fourth-order valence-corrected chi connectivity index (χ4v) is 11.5. The highest BCUT2D eigenvalue weighted by Gasteiger charge is 2.37. The summed E-state index contributed by atoms with van der Waals surface area (Å²) in [7, 11) is 1.46. The van der Waals surface area contributed by atoms with Gasteiger partial charge in [0.2, 0.25) is 5.91 Å². The minimum Gasteiger partial charge on any atom is -0.508 e. The maximum atomic E-state index is 14.6. The molecule has 0 bridgehead atoms. The lowest BCUT2D eigenvalue weighted by atomic mass is 9.89. The van der Waals surface area contributed by atoms with E-state index in [4.69, 9.17) is 45.8 Å². The van der Waals surface area contributed by atoms with Crippen molar-refractivity contribution in [1.29, 1.82) is 0 Å². The zero-order valence-electron chi connectivity index (χ0n) is 56.3. The fourth-order valence-electron chi connectivity index (χ4n) is 11.3. The highest BCUT2D eigenvalue weighted by Crippen LogP contribution is 2.47. The number of hydrogen-bond acceptors (Lipinski definition) is 19. The molecule has 2 aliphatic rings. The highest BCUT2D eigenvalue weighted by molar-refractivity contribution is 6.20. The molecule has 4 heterocycles. The maximum absolute atomic E-state index is 14.6. The third-order valence-corrected chi connectivity index (χ3v) is 16.9. The molecule has 8 rings (SSSR count). The third kappa shape index (κ3) is 21.7. The first-order chi connectivity index (χ1) is 48.5. The predicted molar refractivity (Wildman–Crippen MR) is 370 cm³/mol. The Kier molecular flexibility index (Phi) is 27.8. The quantitative estimate of drug-likeness (QED) is 0.0106. The van der Waals surface area contributed by atoms with Crippen molar-refractivity contribution in [2.75, 3.05) is 114 Å². The van der Waals surface area contributed by atoms with Crippen molar-refractivity contribution in [2.45, 2.75) is 71.4 Å². The van der Waals surface area contributed by atoms with Gasteiger partial charge in [0.15, 0.2) is 5.78 Å². The second kappa shape index (κ2) is 36.9. The summed E-state index contributed by atoms with van der Waals surface area (Å²) in [4.78, 5) is 155. The standard InChI is InChI=1S/C70H82ClN11O19/c1-42(2)63(78-68(93)99-33-32-98-31-30-97-29-28-96-27-26-81-58(85)20-21-59(81)86)55(84)35-46(9-6-22-73-67(72)92)65(90)75-49-16-12-44(13-17-49)41-100-69(94)79(4)24-25-80(23-7-11-60(87)88)70(95)101-56-37-54-62(61-43(3)8-5-10-51(56)61)48(38-71)40-82(54)66(91)52-34-47-36-57(74-39-53(47)76-52)77-64(89)45-14-18-50(83)19-15-45/h5,8,10,12-21,34,36-37,39,42,46,48,63,76,83H,6-7,9,11,22-33,35,38,40-41H2,1-4H3,(H,75,90)(H,78,93)(H,87,88)(H3,72,73,92)(H,74,77,89)/t46-,48-,63+/m1/s1. The number of ether oxygens (including phenoxy) is 6. The van der Waals surface area contributed by atoms with Crippen LogP contribution in [0, 0.1) is 18.8 Å². The molecular formula is C70H82ClN11O19. The molecule has 0 saturated carbocycles. The molecule has 101 heavy (non-hydrogen) atoms. The van der Waals surface area contributed by atoms with Gasteiger partial charge in [0.05, 0.1) is 69.6 Å². The fraction of sp³-hybridized carbons (Fsp3) is 0.400. The number of phenols is 1. The smallest absolute Gasteiger partial charge is 0.415 e. The van der Waals surface area contributed by atoms with Crippen LogP contribution >= 0.6 is 11.6 Å². The van der Waals surface area contributed by atoms with Gasteiger partial charge in [-0.25, -0.2) is 24.2 Å². The number of nitrogens with one attached hydrogen (secondary N) is 5. The molecule has 0 unspecified atom stereocenters. The maximum Gasteiger partial charge on any atom is 0.415 e. The van der Waals surface area contributed by atoms with Crippen LogP contribution in [-0.4, -0.2) is 205 Å². The summed E-state index contributed by atoms with van der Waals surface area (Å²) in [5.74, 6) is -4.86. The SMILES string of the molecule is Cc1cccc2c(OC(=O)N(CCCC(=O)O)CCN(C)C(=O)OCc3ccc(NC(=O)[C@H](CCCNC(N)=O)CC(=O)[C@@H](NC(=O)OCCOCCOCCOCCN4C(=O)C=CC4=O)C(C)C)cc3)cc3c(c12)[C@H](CCl)CN3C(=O)c1cc2cc(NC(=O)c3ccc(O)cc3)ncc2[nH]1. The first-order valence-electron chi connectivity index (χ1n) is 32.7. The largest absolute Gasteiger partial charge is 0.508 e. The normalized spacial score (nSPS) is 13.8. The van der Waals surface area contributed by atoms with Gasteiger partial charge in [0, 0.05) is 111 Å². The number of primary amides is 1. The summed E-state index contributed by atoms with van der Waals surface area (Å²) in [5, 5.41) is 31.7. The molecule has 0 radical (unpaired) electrons. The lowest BCUT2D eigenvalue weighted by molar-refractivity contribution is -0.138. The Hall–Kier alpha value is -10.7. The van der Waals surface area contributed by atoms with Crippen molar-refractivity contribution < 1.29 is 91.4 Å². The number of Topliss-reactive ketones (excluding diaryl/α,β-unsaturated/α-hetero) is 1. The van der Waals surface area contributed by atoms with Crippen LogP contribution in [0.2, 0.25) is 0 Å². The van der Waals surface area contributed by atoms with Crippen molar-refractivity contribution in [3.8, 4) is 11.5 Å². The molecule has 2 aliphatic heterocycles. The Morgan fingerprint density at radius 1 is 0.812 bits per heavy atom. The molecule has 0 saturated heterocycles. The number of alkyl carbamates (subject to hydrolysis) is 1. The number of nitrogens with zero attached hydrogens (tertiary/aromatic N) is 5. The number of carboxylic acid groups (broad SMARTS) is 1. The van der Waals surface area contributed by atoms with Crippen molar-refractivity contribution in [3.63, 3.8) is 0 Å². The first-order valence-corrected chi connectivity index (χ1v) is 33.3. The topological polar surface area (TPSA) is 399 Å². The van der Waals surface area contributed by atoms with Crippen LogP contribution in [0.5, 0.6) is 11.5 Å². The van der Waals surface area contributed by atoms with Gasteiger partial charge < -0.3 is 85.3 Å². The number of imide groups is 1. The van der Waals surface area contributed by atoms with E-state index in [1.807, 2.05) is 13.0 Å². The number of amides is 10. The number of anilines is 3. The summed E-state index contributed by atoms with van der Waals surface area (Å²) in [6, 6.07) is 20.7. The number of pyridine rings is 1. The Balaban J connectivity index is 0.827. The monoisotopic (exact) mass is 1420 g/mol. The number of likely N-dealkylation sites (N-methyl/N-ethyl adjacent to an activating group) is 1. The van der Waals surface area contributed by atoms with E-state index in [0.29, 0.717) is 38.8 Å². The number of aromatic hydroxyl groups is 1. The number of aliphatic carboxylic acids is 1. The van der Waals surface area contributed by atoms with Crippen LogP contribution in [0.15, 0.2) is 103 Å². The van der Waals surface area contributed by atoms with E-state index in [0.717, 1.165) is 21.4 Å². The van der Waals surface area contributed by atoms with Gasteiger partial charge in [0.25, 0.3) is 23.6 Å². The summed E-state index contributed by atoms with van der Waals surface area (Å²) in [6.07, 6.45) is 1.32. The Morgan fingerprint density at radius 3 is 2.18 bits per heavy atom. The summed E-state index contributed by atoms with van der Waals surface area (Å²) >= 11 is 6.64. The van der Waals surface area contributed by atoms with Gasteiger partial charge in [-0.1, -0.05) is 44.2 Å². The number of urea groups is 1. The summed E-state index contributed by atoms with van der Waals surface area (Å²) < 4.78 is 33.4. The van der Waals surface area contributed by atoms with Gasteiger partial charge in [-0.2, -0.15) is 0 Å². The van der Waals surface area contributed by atoms with Crippen LogP contribution in [0.4, 0.5) is 36.4 Å². The molecule has 6 aromatic rings. The van der Waals surface area contributed by atoms with Crippen LogP contribution in [-0.2, 0) is 54.3 Å². The number of halogens is 1. The van der Waals surface area contributed by atoms with Gasteiger partial charge in [-0.3, -0.25) is 38.5 Å². The number of ketones is 1. The van der Waals surface area contributed by atoms with Gasteiger partial charge in [-0.15, -0.1) is 11.6 Å². The average molecular weight is 1420 g/mol. The molecule has 31 heteroatoms. The van der Waals surface area contributed by atoms with Crippen molar-refractivity contribution in [3.05, 3.63) is 131 Å². The lowest BCUT2D eigenvalue weighted by Crippen LogP contribution is -2.46. The molecule has 2 aromatic heterocycles. The van der Waals surface area contributed by atoms with Crippen molar-refractivity contribution in [1.82, 2.24) is 35.3 Å². The minimum atomic E-state index is -1.09. The Labute approximate surface area is 586 Å². The number of benzene rings is 4. The minimum absolute atomic E-state index is 0.00669. The molecule has 9 N–H and O–H groups in total. The summed E-state index contributed by atoms with van der Waals surface area (Å²) in [6.45, 7) is 6.26. The zero-order valence-corrected chi connectivity index (χ0v) is 57.0. The molecule has 0 spiro atoms. The number of aryl methyl sites for hydroxylation is 1. The first kappa shape index (κ1) is 76.1. The number of rotatable bonds is 37. The third-order valence-electron chi connectivity index (χ3n) is 16.6. The number of hydrogen-bond donors (Lipinski definition) is 8. The van der Waals surface area contributed by atoms with E-state index in [2.05, 4.69) is 31.2 Å². The Morgan fingerprint density at radius 2 is 1.50 bits per heavy atom. The number of nitrogens with two attached hydrogens (primary N) is 1. The van der Waals surface area contributed by atoms with E-state index < -0.39 is 71.7 Å². The lowest BCUT2D eigenvalue weighted by Gasteiger charge is -2.26. The number of carbonyl (C=O) groups is 11. The van der Waals surface area contributed by atoms with E-state index in [9.17, 15) is 63.0 Å². The van der Waals surface area contributed by atoms with Gasteiger partial charge in [0.1, 0.15) is 36.2 Å². The second-order valence-corrected chi connectivity index (χ2v) is 24.5. The number of carbonyl (C=O) groups excluding carboxylic acids is 10. The van der Waals surface area contributed by atoms with Crippen LogP contribution < -0.4 is 36.6 Å². The average Bonchev–Trinajstić information content (AvgIpc) is 1.62. The number of aromatic nitrogens is 2. The van der Waals surface area contributed by atoms with E-state index in [1.54, 1.807) is 73.3 Å². The van der Waals surface area contributed by atoms with Crippen molar-refractivity contribution >= 4 is 116 Å². The van der Waals surface area contributed by atoms with Gasteiger partial charge >= 0.3 is 30.3 Å². The van der Waals surface area contributed by atoms with E-state index in [-0.39, 0.29) is 171 Å². The number of H-pyrrole nitrogens is 1. The van der Waals surface area contributed by atoms with Crippen LogP contribution in [0.25, 0.3) is 21.7 Å². The molecule has 30 nitrogen and oxygen atoms in total. The zero-order chi connectivity index (χ0) is 72.7. The van der Waals surface area contributed by atoms with Crippen molar-refractivity contribution in [2.24, 2.45) is 17.6 Å². The second-order valence-electron chi connectivity index (χ2n) is 24.2. The molecule has 10 amide bonds. The molecule has 3 atom stereocenters. The predicted octanol–water partition coefficient (Wildman–Crippen LogP) is 7.59. The number of carboxylic acids is 1. The Bertz CT molecular complexity index is 4000. The molecule has 0 fully saturated rings. The molecule has 0 aliphatic carbocycles. The number of alkyl halides is 1. The van der Waals surface area contributed by atoms with Crippen LogP contribution in [0.3, 0.4) is 0 Å². The van der Waals surface area contributed by atoms with Crippen LogP contribution in [0.1, 0.15) is 89.4 Å². The van der Waals surface area contributed by atoms with Gasteiger partial charge in [-0.05, 0) is 103 Å². The molecule has 4 aromatic carbocycles. The van der Waals surface area contributed by atoms with E-state index in [1.165, 1.54) is 59.5 Å². The van der Waals surface area contributed by atoms with E-state index >= 15 is 0 Å². The summed E-state index contributed by atoms with van der Waals surface area (Å²) in [5.41, 5.74) is 9.18. The molecule has 538 valence electrons. The number of fused-ring (bicyclic) bond motifs is 4. The number of aromatic amines is 1.